The lowest BCUT2D eigenvalue weighted by Crippen LogP contribution is -2.34. The zero-order valence-electron chi connectivity index (χ0n) is 9.58. The van der Waals surface area contributed by atoms with E-state index in [1.165, 1.54) is 0 Å². The Morgan fingerprint density at radius 2 is 2.00 bits per heavy atom. The van der Waals surface area contributed by atoms with Gasteiger partial charge in [0.15, 0.2) is 0 Å². The third-order valence-corrected chi connectivity index (χ3v) is 4.11. The molecule has 18 heavy (non-hydrogen) atoms. The SMILES string of the molecule is FC(F)(F)c1nsc(N(CCBr)C2CCCC2)n1. The number of hydrogen-bond acceptors (Lipinski definition) is 4. The van der Waals surface area contributed by atoms with Crippen molar-refractivity contribution >= 4 is 32.6 Å². The molecule has 0 radical (unpaired) electrons. The fourth-order valence-electron chi connectivity index (χ4n) is 2.19. The Labute approximate surface area is 116 Å². The Morgan fingerprint density at radius 3 is 2.50 bits per heavy atom. The molecule has 0 bridgehead atoms. The van der Waals surface area contributed by atoms with Crippen LogP contribution in [0.25, 0.3) is 0 Å². The van der Waals surface area contributed by atoms with Gasteiger partial charge in [-0.15, -0.1) is 0 Å². The third-order valence-electron chi connectivity index (χ3n) is 3.01. The summed E-state index contributed by atoms with van der Waals surface area (Å²) in [5, 5.41) is 1.10. The molecule has 2 rings (SSSR count). The van der Waals surface area contributed by atoms with Gasteiger partial charge in [-0.1, -0.05) is 28.8 Å². The van der Waals surface area contributed by atoms with Crippen LogP contribution in [0.3, 0.4) is 0 Å². The fraction of sp³-hybridized carbons (Fsp3) is 0.800. The number of nitrogens with zero attached hydrogens (tertiary/aromatic N) is 3. The van der Waals surface area contributed by atoms with E-state index in [1.54, 1.807) is 0 Å². The summed E-state index contributed by atoms with van der Waals surface area (Å²) in [7, 11) is 0. The highest BCUT2D eigenvalue weighted by Crippen LogP contribution is 2.33. The summed E-state index contributed by atoms with van der Waals surface area (Å²) in [6.45, 7) is 0.664. The van der Waals surface area contributed by atoms with Gasteiger partial charge in [0.2, 0.25) is 11.0 Å². The number of alkyl halides is 4. The minimum atomic E-state index is -4.45. The molecule has 1 aromatic rings. The van der Waals surface area contributed by atoms with Gasteiger partial charge in [-0.05, 0) is 12.8 Å². The van der Waals surface area contributed by atoms with E-state index in [2.05, 4.69) is 25.3 Å². The fourth-order valence-corrected chi connectivity index (χ4v) is 3.36. The zero-order valence-corrected chi connectivity index (χ0v) is 12.0. The maximum atomic E-state index is 12.5. The molecule has 0 unspecified atom stereocenters. The third kappa shape index (κ3) is 3.14. The van der Waals surface area contributed by atoms with Gasteiger partial charge in [-0.25, -0.2) is 0 Å². The van der Waals surface area contributed by atoms with Crippen molar-refractivity contribution in [2.75, 3.05) is 16.8 Å². The lowest BCUT2D eigenvalue weighted by atomic mass is 10.2. The smallest absolute Gasteiger partial charge is 0.343 e. The maximum Gasteiger partial charge on any atom is 0.452 e. The van der Waals surface area contributed by atoms with Crippen molar-refractivity contribution < 1.29 is 13.2 Å². The van der Waals surface area contributed by atoms with Crippen LogP contribution in [0.4, 0.5) is 18.3 Å². The van der Waals surface area contributed by atoms with Gasteiger partial charge in [-0.3, -0.25) is 0 Å². The van der Waals surface area contributed by atoms with Crippen molar-refractivity contribution in [1.82, 2.24) is 9.36 Å². The summed E-state index contributed by atoms with van der Waals surface area (Å²) in [5.74, 6) is -1.03. The highest BCUT2D eigenvalue weighted by molar-refractivity contribution is 9.09. The van der Waals surface area contributed by atoms with Gasteiger partial charge >= 0.3 is 6.18 Å². The highest BCUT2D eigenvalue weighted by Gasteiger charge is 2.37. The molecule has 1 saturated carbocycles. The first-order valence-electron chi connectivity index (χ1n) is 5.76. The van der Waals surface area contributed by atoms with Crippen LogP contribution in [0.1, 0.15) is 31.5 Å². The Hall–Kier alpha value is -0.370. The van der Waals surface area contributed by atoms with Crippen LogP contribution in [-0.2, 0) is 6.18 Å². The van der Waals surface area contributed by atoms with Gasteiger partial charge in [-0.2, -0.15) is 22.5 Å². The van der Waals surface area contributed by atoms with Crippen LogP contribution in [0, 0.1) is 0 Å². The molecule has 8 heteroatoms. The van der Waals surface area contributed by atoms with E-state index in [0.717, 1.165) is 37.2 Å². The quantitative estimate of drug-likeness (QED) is 0.780. The monoisotopic (exact) mass is 343 g/mol. The Bertz CT molecular complexity index is 390. The molecule has 0 aliphatic heterocycles. The summed E-state index contributed by atoms with van der Waals surface area (Å²) in [5.41, 5.74) is 0. The van der Waals surface area contributed by atoms with Crippen molar-refractivity contribution in [1.29, 1.82) is 0 Å². The van der Waals surface area contributed by atoms with Gasteiger partial charge in [0.25, 0.3) is 0 Å². The van der Waals surface area contributed by atoms with E-state index < -0.39 is 12.0 Å². The Morgan fingerprint density at radius 1 is 1.33 bits per heavy atom. The Kier molecular flexibility index (Phi) is 4.47. The predicted octanol–water partition coefficient (Wildman–Crippen LogP) is 3.70. The first kappa shape index (κ1) is 14.0. The van der Waals surface area contributed by atoms with Crippen LogP contribution < -0.4 is 4.90 Å². The molecular weight excluding hydrogens is 331 g/mol. The molecule has 0 saturated heterocycles. The molecule has 0 amide bonds. The minimum absolute atomic E-state index is 0.302. The second-order valence-corrected chi connectivity index (χ2v) is 5.74. The van der Waals surface area contributed by atoms with Gasteiger partial charge in [0, 0.05) is 29.4 Å². The summed E-state index contributed by atoms with van der Waals surface area (Å²) < 4.78 is 40.9. The van der Waals surface area contributed by atoms with E-state index in [-0.39, 0.29) is 0 Å². The summed E-state index contributed by atoms with van der Waals surface area (Å²) >= 11 is 4.17. The largest absolute Gasteiger partial charge is 0.452 e. The van der Waals surface area contributed by atoms with E-state index >= 15 is 0 Å². The average molecular weight is 344 g/mol. The molecule has 1 fully saturated rings. The number of aromatic nitrogens is 2. The number of halogens is 4. The van der Waals surface area contributed by atoms with Crippen LogP contribution in [0.5, 0.6) is 0 Å². The lowest BCUT2D eigenvalue weighted by molar-refractivity contribution is -0.144. The zero-order chi connectivity index (χ0) is 13.2. The summed E-state index contributed by atoms with van der Waals surface area (Å²) in [4.78, 5) is 5.59. The standard InChI is InChI=1S/C10H13BrF3N3S/c11-5-6-17(7-3-1-2-4-7)9-15-8(16-18-9)10(12,13)14/h7H,1-6H2. The van der Waals surface area contributed by atoms with Crippen molar-refractivity contribution in [3.63, 3.8) is 0 Å². The topological polar surface area (TPSA) is 29.0 Å². The summed E-state index contributed by atoms with van der Waals surface area (Å²) in [6.07, 6.45) is -0.144. The predicted molar refractivity (Wildman–Crippen MR) is 68.3 cm³/mol. The van der Waals surface area contributed by atoms with Crippen molar-refractivity contribution in [2.45, 2.75) is 37.9 Å². The molecule has 1 aromatic heterocycles. The van der Waals surface area contributed by atoms with Crippen LogP contribution in [0.2, 0.25) is 0 Å². The number of anilines is 1. The van der Waals surface area contributed by atoms with Crippen molar-refractivity contribution in [2.24, 2.45) is 0 Å². The van der Waals surface area contributed by atoms with E-state index in [1.807, 2.05) is 4.90 Å². The molecular formula is C10H13BrF3N3S. The van der Waals surface area contributed by atoms with E-state index in [4.69, 9.17) is 0 Å². The summed E-state index contributed by atoms with van der Waals surface area (Å²) in [6, 6.07) is 0.302. The highest BCUT2D eigenvalue weighted by atomic mass is 79.9. The van der Waals surface area contributed by atoms with Crippen LogP contribution in [-0.4, -0.2) is 27.3 Å². The molecule has 0 atom stereocenters. The first-order valence-corrected chi connectivity index (χ1v) is 7.65. The second kappa shape index (κ2) is 5.73. The lowest BCUT2D eigenvalue weighted by Gasteiger charge is -2.27. The number of rotatable bonds is 4. The number of hydrogen-bond donors (Lipinski definition) is 0. The molecule has 1 aliphatic carbocycles. The van der Waals surface area contributed by atoms with Crippen LogP contribution >= 0.6 is 27.5 Å². The van der Waals surface area contributed by atoms with Crippen molar-refractivity contribution in [3.8, 4) is 0 Å². The molecule has 102 valence electrons. The molecule has 1 heterocycles. The maximum absolute atomic E-state index is 12.5. The van der Waals surface area contributed by atoms with Gasteiger partial charge < -0.3 is 4.90 Å². The van der Waals surface area contributed by atoms with E-state index in [0.29, 0.717) is 23.0 Å². The second-order valence-electron chi connectivity index (χ2n) is 4.22. The molecule has 0 aromatic carbocycles. The molecule has 3 nitrogen and oxygen atoms in total. The molecule has 0 N–H and O–H groups in total. The van der Waals surface area contributed by atoms with E-state index in [9.17, 15) is 13.2 Å². The molecule has 0 spiro atoms. The Balaban J connectivity index is 2.17. The normalized spacial score (nSPS) is 17.3. The van der Waals surface area contributed by atoms with Gasteiger partial charge in [0.1, 0.15) is 0 Å². The average Bonchev–Trinajstić information content (AvgIpc) is 2.96. The molecule has 1 aliphatic rings. The van der Waals surface area contributed by atoms with Crippen LogP contribution in [0.15, 0.2) is 0 Å². The van der Waals surface area contributed by atoms with Crippen molar-refractivity contribution in [3.05, 3.63) is 5.82 Å². The first-order chi connectivity index (χ1) is 8.52. The minimum Gasteiger partial charge on any atom is -0.343 e. The van der Waals surface area contributed by atoms with Gasteiger partial charge in [0.05, 0.1) is 0 Å².